The van der Waals surface area contributed by atoms with E-state index in [1.807, 2.05) is 19.1 Å². The van der Waals surface area contributed by atoms with Crippen LogP contribution < -0.4 is 4.74 Å². The lowest BCUT2D eigenvalue weighted by molar-refractivity contribution is -0.384. The second kappa shape index (κ2) is 8.65. The molecule has 3 aromatic rings. The minimum atomic E-state index is -0.665. The van der Waals surface area contributed by atoms with Crippen LogP contribution in [0.25, 0.3) is 6.08 Å². The molecule has 3 aromatic carbocycles. The molecule has 4 rings (SSSR count). The van der Waals surface area contributed by atoms with Gasteiger partial charge in [-0.1, -0.05) is 36.4 Å². The van der Waals surface area contributed by atoms with Crippen molar-refractivity contribution < 1.29 is 24.0 Å². The minimum Gasteiger partial charge on any atom is -0.423 e. The summed E-state index contributed by atoms with van der Waals surface area (Å²) in [5, 5.41) is 10.9. The Morgan fingerprint density at radius 1 is 1.06 bits per heavy atom. The van der Waals surface area contributed by atoms with Crippen LogP contribution in [-0.2, 0) is 9.53 Å². The van der Waals surface area contributed by atoms with Crippen LogP contribution in [0.4, 0.5) is 5.69 Å². The molecule has 0 N–H and O–H groups in total. The maximum absolute atomic E-state index is 12.3. The number of nitro groups is 1. The molecule has 1 heterocycles. The van der Waals surface area contributed by atoms with Gasteiger partial charge in [-0.2, -0.15) is 0 Å². The van der Waals surface area contributed by atoms with Gasteiger partial charge in [-0.3, -0.25) is 10.1 Å². The Morgan fingerprint density at radius 3 is 2.53 bits per heavy atom. The van der Waals surface area contributed by atoms with E-state index in [9.17, 15) is 19.7 Å². The van der Waals surface area contributed by atoms with Gasteiger partial charge in [0.15, 0.2) is 5.70 Å². The first-order chi connectivity index (χ1) is 15.4. The third kappa shape index (κ3) is 4.44. The fourth-order valence-electron chi connectivity index (χ4n) is 3.04. The molecular formula is C24H16N2O6. The van der Waals surface area contributed by atoms with E-state index in [-0.39, 0.29) is 17.3 Å². The standard InChI is InChI=1S/C24H16N2O6/c1-15-5-2-3-8-20(15)23(27)31-19-11-9-16(10-12-19)13-21-24(28)32-22(25-21)17-6-4-7-18(14-17)26(29)30/h2-14H,1H3/b21-13-. The first kappa shape index (κ1) is 20.7. The van der Waals surface area contributed by atoms with Crippen LogP contribution >= 0.6 is 0 Å². The fraction of sp³-hybridized carbons (Fsp3) is 0.0417. The van der Waals surface area contributed by atoms with Crippen molar-refractivity contribution >= 4 is 29.6 Å². The molecule has 8 heteroatoms. The lowest BCUT2D eigenvalue weighted by atomic mass is 10.1. The molecular weight excluding hydrogens is 412 g/mol. The number of hydrogen-bond donors (Lipinski definition) is 0. The third-order valence-electron chi connectivity index (χ3n) is 4.68. The highest BCUT2D eigenvalue weighted by Gasteiger charge is 2.25. The Hall–Kier alpha value is -4.59. The average Bonchev–Trinajstić information content (AvgIpc) is 3.15. The summed E-state index contributed by atoms with van der Waals surface area (Å²) in [4.78, 5) is 39.1. The maximum Gasteiger partial charge on any atom is 0.363 e. The molecule has 0 radical (unpaired) electrons. The molecule has 8 nitrogen and oxygen atoms in total. The lowest BCUT2D eigenvalue weighted by Crippen LogP contribution is -2.09. The van der Waals surface area contributed by atoms with Crippen LogP contribution in [-0.4, -0.2) is 22.8 Å². The van der Waals surface area contributed by atoms with Crippen molar-refractivity contribution in [2.45, 2.75) is 6.92 Å². The van der Waals surface area contributed by atoms with Gasteiger partial charge in [-0.15, -0.1) is 0 Å². The summed E-state index contributed by atoms with van der Waals surface area (Å²) in [6.45, 7) is 1.83. The van der Waals surface area contributed by atoms with Gasteiger partial charge in [-0.25, -0.2) is 14.6 Å². The normalized spacial score (nSPS) is 14.1. The van der Waals surface area contributed by atoms with Gasteiger partial charge in [0.05, 0.1) is 10.5 Å². The molecule has 158 valence electrons. The molecule has 0 unspecified atom stereocenters. The number of nitrogens with zero attached hydrogens (tertiary/aromatic N) is 2. The Labute approximate surface area is 182 Å². The van der Waals surface area contributed by atoms with Crippen molar-refractivity contribution in [1.82, 2.24) is 0 Å². The van der Waals surface area contributed by atoms with E-state index >= 15 is 0 Å². The molecule has 0 atom stereocenters. The van der Waals surface area contributed by atoms with Crippen LogP contribution in [0, 0.1) is 17.0 Å². The number of aliphatic imine (C=N–C) groups is 1. The first-order valence-electron chi connectivity index (χ1n) is 9.56. The van der Waals surface area contributed by atoms with E-state index < -0.39 is 16.9 Å². The molecule has 0 aliphatic carbocycles. The van der Waals surface area contributed by atoms with Gasteiger partial charge >= 0.3 is 11.9 Å². The third-order valence-corrected chi connectivity index (χ3v) is 4.68. The highest BCUT2D eigenvalue weighted by Crippen LogP contribution is 2.23. The van der Waals surface area contributed by atoms with Crippen LogP contribution in [0.2, 0.25) is 0 Å². The van der Waals surface area contributed by atoms with Gasteiger partial charge in [0.25, 0.3) is 5.69 Å². The summed E-state index contributed by atoms with van der Waals surface area (Å²) in [6.07, 6.45) is 1.51. The zero-order valence-corrected chi connectivity index (χ0v) is 16.8. The number of carbonyl (C=O) groups excluding carboxylic acids is 2. The van der Waals surface area contributed by atoms with Gasteiger partial charge in [-0.05, 0) is 48.4 Å². The first-order valence-corrected chi connectivity index (χ1v) is 9.56. The minimum absolute atomic E-state index is 0.00580. The van der Waals surface area contributed by atoms with Gasteiger partial charge in [0.1, 0.15) is 5.75 Å². The van der Waals surface area contributed by atoms with Crippen LogP contribution in [0.5, 0.6) is 5.75 Å². The summed E-state index contributed by atoms with van der Waals surface area (Å²) >= 11 is 0. The summed E-state index contributed by atoms with van der Waals surface area (Å²) in [6, 6.07) is 19.4. The predicted octanol–water partition coefficient (Wildman–Crippen LogP) is 4.47. The molecule has 0 saturated carbocycles. The molecule has 1 aliphatic heterocycles. The molecule has 0 amide bonds. The van der Waals surface area contributed by atoms with Crippen molar-refractivity contribution in [3.05, 3.63) is 111 Å². The van der Waals surface area contributed by atoms with E-state index in [1.165, 1.54) is 24.3 Å². The zero-order chi connectivity index (χ0) is 22.7. The van der Waals surface area contributed by atoms with E-state index in [1.54, 1.807) is 42.5 Å². The molecule has 1 aliphatic rings. The monoisotopic (exact) mass is 428 g/mol. The topological polar surface area (TPSA) is 108 Å². The molecule has 32 heavy (non-hydrogen) atoms. The number of aryl methyl sites for hydroxylation is 1. The Kier molecular flexibility index (Phi) is 5.59. The van der Waals surface area contributed by atoms with Crippen molar-refractivity contribution in [3.8, 4) is 5.75 Å². The van der Waals surface area contributed by atoms with Crippen LogP contribution in [0.1, 0.15) is 27.0 Å². The maximum atomic E-state index is 12.3. The van der Waals surface area contributed by atoms with Crippen LogP contribution in [0.3, 0.4) is 0 Å². The Balaban J connectivity index is 1.51. The SMILES string of the molecule is Cc1ccccc1C(=O)Oc1ccc(/C=C2\N=C(c3cccc([N+](=O)[O-])c3)OC2=O)cc1. The number of nitro benzene ring substituents is 1. The molecule has 0 spiro atoms. The highest BCUT2D eigenvalue weighted by atomic mass is 16.6. The number of carbonyl (C=O) groups is 2. The van der Waals surface area contributed by atoms with E-state index in [4.69, 9.17) is 9.47 Å². The lowest BCUT2D eigenvalue weighted by Gasteiger charge is -2.06. The smallest absolute Gasteiger partial charge is 0.363 e. The Bertz CT molecular complexity index is 1290. The van der Waals surface area contributed by atoms with Gasteiger partial charge in [0.2, 0.25) is 5.90 Å². The van der Waals surface area contributed by atoms with Crippen molar-refractivity contribution in [2.24, 2.45) is 4.99 Å². The highest BCUT2D eigenvalue weighted by molar-refractivity contribution is 6.13. The van der Waals surface area contributed by atoms with E-state index in [2.05, 4.69) is 4.99 Å². The quantitative estimate of drug-likeness (QED) is 0.195. The molecule has 0 saturated heterocycles. The number of benzene rings is 3. The summed E-state index contributed by atoms with van der Waals surface area (Å²) in [5.41, 5.74) is 2.18. The largest absolute Gasteiger partial charge is 0.423 e. The summed E-state index contributed by atoms with van der Waals surface area (Å²) < 4.78 is 10.6. The summed E-state index contributed by atoms with van der Waals surface area (Å²) in [7, 11) is 0. The predicted molar refractivity (Wildman–Crippen MR) is 116 cm³/mol. The number of cyclic esters (lactones) is 1. The number of non-ortho nitro benzene ring substituents is 1. The van der Waals surface area contributed by atoms with E-state index in [0.29, 0.717) is 22.4 Å². The number of ether oxygens (including phenoxy) is 2. The van der Waals surface area contributed by atoms with Crippen molar-refractivity contribution in [3.63, 3.8) is 0 Å². The number of rotatable bonds is 5. The summed E-state index contributed by atoms with van der Waals surface area (Å²) in [5.74, 6) is -0.773. The van der Waals surface area contributed by atoms with Gasteiger partial charge < -0.3 is 9.47 Å². The zero-order valence-electron chi connectivity index (χ0n) is 16.8. The van der Waals surface area contributed by atoms with Crippen molar-refractivity contribution in [1.29, 1.82) is 0 Å². The van der Waals surface area contributed by atoms with Crippen molar-refractivity contribution in [2.75, 3.05) is 0 Å². The van der Waals surface area contributed by atoms with E-state index in [0.717, 1.165) is 5.56 Å². The fourth-order valence-corrected chi connectivity index (χ4v) is 3.04. The molecule has 0 aromatic heterocycles. The Morgan fingerprint density at radius 2 is 1.81 bits per heavy atom. The molecule has 0 bridgehead atoms. The number of hydrogen-bond acceptors (Lipinski definition) is 7. The number of esters is 2. The second-order valence-electron chi connectivity index (χ2n) is 6.92. The van der Waals surface area contributed by atoms with Gasteiger partial charge in [0, 0.05) is 17.7 Å². The molecule has 0 fully saturated rings. The van der Waals surface area contributed by atoms with Crippen LogP contribution in [0.15, 0.2) is 83.5 Å². The average molecular weight is 428 g/mol. The second-order valence-corrected chi connectivity index (χ2v) is 6.92.